The Morgan fingerprint density at radius 3 is 2.94 bits per heavy atom. The molecule has 16 heavy (non-hydrogen) atoms. The quantitative estimate of drug-likeness (QED) is 0.630. The van der Waals surface area contributed by atoms with Crippen LogP contribution in [0.2, 0.25) is 0 Å². The Labute approximate surface area is 91.0 Å². The number of carbonyl (C=O) groups is 1. The van der Waals surface area contributed by atoms with Gasteiger partial charge in [-0.3, -0.25) is 4.79 Å². The molecule has 1 aromatic heterocycles. The summed E-state index contributed by atoms with van der Waals surface area (Å²) < 4.78 is 27.9. The van der Waals surface area contributed by atoms with Crippen molar-refractivity contribution in [3.8, 4) is 0 Å². The summed E-state index contributed by atoms with van der Waals surface area (Å²) in [5.74, 6) is -0.350. The molecule has 0 saturated heterocycles. The third-order valence-corrected chi connectivity index (χ3v) is 1.73. The van der Waals surface area contributed by atoms with Crippen LogP contribution in [0.15, 0.2) is 12.3 Å². The maximum atomic E-state index is 11.7. The predicted octanol–water partition coefficient (Wildman–Crippen LogP) is 0.608. The molecule has 0 radical (unpaired) electrons. The lowest BCUT2D eigenvalue weighted by atomic mass is 10.4. The van der Waals surface area contributed by atoms with E-state index in [0.29, 0.717) is 11.4 Å². The van der Waals surface area contributed by atoms with Crippen LogP contribution in [-0.4, -0.2) is 37.1 Å². The van der Waals surface area contributed by atoms with E-state index in [0.717, 1.165) is 0 Å². The molecule has 0 aromatic carbocycles. The van der Waals surface area contributed by atoms with Crippen molar-refractivity contribution in [1.29, 1.82) is 0 Å². The van der Waals surface area contributed by atoms with Gasteiger partial charge in [-0.1, -0.05) is 0 Å². The van der Waals surface area contributed by atoms with Crippen molar-refractivity contribution in [2.75, 3.05) is 25.5 Å². The zero-order valence-electron chi connectivity index (χ0n) is 8.50. The summed E-state index contributed by atoms with van der Waals surface area (Å²) in [6.45, 7) is -0.401. The van der Waals surface area contributed by atoms with Crippen molar-refractivity contribution in [2.45, 2.75) is 6.43 Å². The molecule has 0 fully saturated rings. The number of amides is 1. The Morgan fingerprint density at radius 1 is 1.62 bits per heavy atom. The molecule has 0 bridgehead atoms. The van der Waals surface area contributed by atoms with Crippen molar-refractivity contribution in [3.63, 3.8) is 0 Å². The average Bonchev–Trinajstić information content (AvgIpc) is 2.63. The number of ether oxygens (including phenoxy) is 1. The molecule has 90 valence electrons. The SMILES string of the molecule is Nc1c[nH]c(C(=O)NCCOCC(F)F)c1. The summed E-state index contributed by atoms with van der Waals surface area (Å²) in [5, 5.41) is 2.49. The summed E-state index contributed by atoms with van der Waals surface area (Å²) in [6, 6.07) is 1.48. The van der Waals surface area contributed by atoms with Crippen LogP contribution in [0.4, 0.5) is 14.5 Å². The summed E-state index contributed by atoms with van der Waals surface area (Å²) >= 11 is 0. The molecule has 0 unspecified atom stereocenters. The minimum Gasteiger partial charge on any atom is -0.397 e. The molecule has 0 aliphatic carbocycles. The van der Waals surface area contributed by atoms with Crippen LogP contribution in [0.3, 0.4) is 0 Å². The highest BCUT2D eigenvalue weighted by atomic mass is 19.3. The third-order valence-electron chi connectivity index (χ3n) is 1.73. The number of nitrogens with one attached hydrogen (secondary N) is 2. The minimum atomic E-state index is -2.49. The van der Waals surface area contributed by atoms with Crippen molar-refractivity contribution >= 4 is 11.6 Å². The van der Waals surface area contributed by atoms with E-state index in [2.05, 4.69) is 15.0 Å². The number of aromatic nitrogens is 1. The molecule has 4 N–H and O–H groups in total. The van der Waals surface area contributed by atoms with Gasteiger partial charge in [-0.05, 0) is 6.07 Å². The Balaban J connectivity index is 2.16. The normalized spacial score (nSPS) is 10.7. The van der Waals surface area contributed by atoms with Gasteiger partial charge in [0.25, 0.3) is 12.3 Å². The number of alkyl halides is 2. The number of aromatic amines is 1. The zero-order chi connectivity index (χ0) is 12.0. The van der Waals surface area contributed by atoms with Gasteiger partial charge in [0, 0.05) is 18.4 Å². The van der Waals surface area contributed by atoms with Gasteiger partial charge in [-0.25, -0.2) is 8.78 Å². The second kappa shape index (κ2) is 6.06. The summed E-state index contributed by atoms with van der Waals surface area (Å²) in [6.07, 6.45) is -0.999. The molecule has 7 heteroatoms. The van der Waals surface area contributed by atoms with E-state index >= 15 is 0 Å². The van der Waals surface area contributed by atoms with Gasteiger partial charge in [0.15, 0.2) is 0 Å². The highest BCUT2D eigenvalue weighted by Crippen LogP contribution is 2.03. The molecular weight excluding hydrogens is 220 g/mol. The Kier molecular flexibility index (Phi) is 4.71. The number of hydrogen-bond donors (Lipinski definition) is 3. The first-order chi connectivity index (χ1) is 7.59. The number of hydrogen-bond acceptors (Lipinski definition) is 3. The first-order valence-electron chi connectivity index (χ1n) is 4.67. The first kappa shape index (κ1) is 12.4. The van der Waals surface area contributed by atoms with Crippen molar-refractivity contribution in [3.05, 3.63) is 18.0 Å². The van der Waals surface area contributed by atoms with Crippen molar-refractivity contribution < 1.29 is 18.3 Å². The van der Waals surface area contributed by atoms with E-state index in [9.17, 15) is 13.6 Å². The van der Waals surface area contributed by atoms with Crippen molar-refractivity contribution in [1.82, 2.24) is 10.3 Å². The molecular formula is C9H13F2N3O2. The van der Waals surface area contributed by atoms with Crippen molar-refractivity contribution in [2.24, 2.45) is 0 Å². The number of nitrogens with two attached hydrogens (primary N) is 1. The van der Waals surface area contributed by atoms with E-state index in [1.165, 1.54) is 12.3 Å². The monoisotopic (exact) mass is 233 g/mol. The summed E-state index contributed by atoms with van der Waals surface area (Å²) in [4.78, 5) is 14.0. The second-order valence-corrected chi connectivity index (χ2v) is 3.07. The van der Waals surface area contributed by atoms with E-state index in [-0.39, 0.29) is 19.1 Å². The van der Waals surface area contributed by atoms with Gasteiger partial charge in [0.1, 0.15) is 12.3 Å². The zero-order valence-corrected chi connectivity index (χ0v) is 8.50. The van der Waals surface area contributed by atoms with Gasteiger partial charge in [-0.15, -0.1) is 0 Å². The van der Waals surface area contributed by atoms with E-state index in [4.69, 9.17) is 5.73 Å². The van der Waals surface area contributed by atoms with Crippen LogP contribution in [0, 0.1) is 0 Å². The fourth-order valence-corrected chi connectivity index (χ4v) is 1.05. The van der Waals surface area contributed by atoms with Crippen LogP contribution in [0.1, 0.15) is 10.5 Å². The largest absolute Gasteiger partial charge is 0.397 e. The average molecular weight is 233 g/mol. The molecule has 5 nitrogen and oxygen atoms in total. The van der Waals surface area contributed by atoms with Crippen LogP contribution in [0.5, 0.6) is 0 Å². The van der Waals surface area contributed by atoms with Gasteiger partial charge in [0.05, 0.1) is 6.61 Å². The second-order valence-electron chi connectivity index (χ2n) is 3.07. The first-order valence-corrected chi connectivity index (χ1v) is 4.67. The highest BCUT2D eigenvalue weighted by Gasteiger charge is 2.07. The fraction of sp³-hybridized carbons (Fsp3) is 0.444. The maximum Gasteiger partial charge on any atom is 0.267 e. The Hall–Kier alpha value is -1.63. The Morgan fingerprint density at radius 2 is 2.38 bits per heavy atom. The van der Waals surface area contributed by atoms with E-state index in [1.54, 1.807) is 0 Å². The Bertz CT molecular complexity index is 341. The van der Waals surface area contributed by atoms with Gasteiger partial charge >= 0.3 is 0 Å². The van der Waals surface area contributed by atoms with Crippen LogP contribution < -0.4 is 11.1 Å². The molecule has 0 aliphatic rings. The fourth-order valence-electron chi connectivity index (χ4n) is 1.05. The number of carbonyl (C=O) groups excluding carboxylic acids is 1. The molecule has 0 spiro atoms. The smallest absolute Gasteiger partial charge is 0.267 e. The van der Waals surface area contributed by atoms with E-state index < -0.39 is 13.0 Å². The number of halogens is 2. The predicted molar refractivity (Wildman–Crippen MR) is 54.4 cm³/mol. The van der Waals surface area contributed by atoms with E-state index in [1.807, 2.05) is 0 Å². The van der Waals surface area contributed by atoms with Crippen LogP contribution in [0.25, 0.3) is 0 Å². The standard InChI is InChI=1S/C9H13F2N3O2/c10-8(11)5-16-2-1-13-9(15)7-3-6(12)4-14-7/h3-4,8,14H,1-2,5,12H2,(H,13,15). The van der Waals surface area contributed by atoms with Crippen LogP contribution in [-0.2, 0) is 4.74 Å². The molecule has 0 saturated carbocycles. The molecule has 0 aliphatic heterocycles. The molecule has 1 heterocycles. The number of anilines is 1. The molecule has 0 atom stereocenters. The van der Waals surface area contributed by atoms with Gasteiger partial charge in [-0.2, -0.15) is 0 Å². The third kappa shape index (κ3) is 4.26. The summed E-state index contributed by atoms with van der Waals surface area (Å²) in [5.41, 5.74) is 6.19. The lowest BCUT2D eigenvalue weighted by Crippen LogP contribution is -2.28. The topological polar surface area (TPSA) is 80.1 Å². The maximum absolute atomic E-state index is 11.7. The van der Waals surface area contributed by atoms with Crippen LogP contribution >= 0.6 is 0 Å². The summed E-state index contributed by atoms with van der Waals surface area (Å²) in [7, 11) is 0. The number of H-pyrrole nitrogens is 1. The lowest BCUT2D eigenvalue weighted by Gasteiger charge is -2.04. The lowest BCUT2D eigenvalue weighted by molar-refractivity contribution is 0.0188. The molecule has 1 rings (SSSR count). The number of rotatable bonds is 6. The minimum absolute atomic E-state index is 0.0479. The molecule has 1 amide bonds. The number of nitrogen functional groups attached to an aromatic ring is 1. The highest BCUT2D eigenvalue weighted by molar-refractivity contribution is 5.93. The van der Waals surface area contributed by atoms with Gasteiger partial charge < -0.3 is 20.8 Å². The van der Waals surface area contributed by atoms with Gasteiger partial charge in [0.2, 0.25) is 0 Å². The molecule has 1 aromatic rings.